The summed E-state index contributed by atoms with van der Waals surface area (Å²) < 4.78 is 0. The summed E-state index contributed by atoms with van der Waals surface area (Å²) in [6, 6.07) is 2.16. The molecule has 110 valence electrons. The van der Waals surface area contributed by atoms with Crippen LogP contribution in [0.3, 0.4) is 0 Å². The van der Waals surface area contributed by atoms with Gasteiger partial charge in [0.2, 0.25) is 5.91 Å². The van der Waals surface area contributed by atoms with Crippen molar-refractivity contribution in [1.29, 1.82) is 0 Å². The van der Waals surface area contributed by atoms with Crippen LogP contribution in [0, 0.1) is 19.8 Å². The molecule has 1 N–H and O–H groups in total. The Hall–Kier alpha value is -1.46. The highest BCUT2D eigenvalue weighted by molar-refractivity contribution is 7.14. The maximum Gasteiger partial charge on any atom is 0.229 e. The molecule has 3 nitrogen and oxygen atoms in total. The van der Waals surface area contributed by atoms with Gasteiger partial charge in [0.25, 0.3) is 0 Å². The first-order valence-electron chi connectivity index (χ1n) is 7.12. The molecule has 2 aromatic heterocycles. The van der Waals surface area contributed by atoms with E-state index in [4.69, 9.17) is 0 Å². The fourth-order valence-electron chi connectivity index (χ4n) is 2.58. The number of anilines is 1. The van der Waals surface area contributed by atoms with Crippen molar-refractivity contribution >= 4 is 33.7 Å². The standard InChI is InChI=1S/C16H18N2OS2/c1-10-8-13(11(2)21-10)14-9-20-16(17-14)18-15(19)12-6-4-3-5-7-12/h3-4,8-9,12H,5-7H2,1-2H3,(H,17,18,19)/t12-/m1/s1. The van der Waals surface area contributed by atoms with Crippen LogP contribution in [0.15, 0.2) is 23.6 Å². The van der Waals surface area contributed by atoms with Crippen molar-refractivity contribution in [2.45, 2.75) is 33.1 Å². The average molecular weight is 318 g/mol. The SMILES string of the molecule is Cc1cc(-c2csc(NC(=O)[C@@H]3CC=CCC3)n2)c(C)s1. The van der Waals surface area contributed by atoms with Crippen molar-refractivity contribution in [2.24, 2.45) is 5.92 Å². The van der Waals surface area contributed by atoms with Crippen LogP contribution in [0.1, 0.15) is 29.0 Å². The van der Waals surface area contributed by atoms with E-state index >= 15 is 0 Å². The number of amides is 1. The van der Waals surface area contributed by atoms with Crippen molar-refractivity contribution in [1.82, 2.24) is 4.98 Å². The molecule has 0 bridgehead atoms. The Morgan fingerprint density at radius 3 is 2.90 bits per heavy atom. The smallest absolute Gasteiger partial charge is 0.229 e. The molecule has 1 aliphatic rings. The fourth-order valence-corrected chi connectivity index (χ4v) is 4.23. The molecule has 5 heteroatoms. The maximum atomic E-state index is 12.2. The van der Waals surface area contributed by atoms with E-state index in [1.165, 1.54) is 26.7 Å². The third-order valence-electron chi connectivity index (χ3n) is 3.69. The molecule has 3 rings (SSSR count). The Kier molecular flexibility index (Phi) is 4.22. The molecule has 1 atom stereocenters. The van der Waals surface area contributed by atoms with E-state index in [1.54, 1.807) is 11.3 Å². The molecule has 0 aliphatic heterocycles. The van der Waals surface area contributed by atoms with E-state index in [-0.39, 0.29) is 11.8 Å². The molecule has 1 amide bonds. The number of nitrogens with one attached hydrogen (secondary N) is 1. The van der Waals surface area contributed by atoms with Gasteiger partial charge in [-0.25, -0.2) is 4.98 Å². The third-order valence-corrected chi connectivity index (χ3v) is 5.41. The first kappa shape index (κ1) is 14.5. The molecule has 0 spiro atoms. The monoisotopic (exact) mass is 318 g/mol. The summed E-state index contributed by atoms with van der Waals surface area (Å²) in [7, 11) is 0. The minimum atomic E-state index is 0.0903. The second kappa shape index (κ2) is 6.12. The first-order chi connectivity index (χ1) is 10.1. The lowest BCUT2D eigenvalue weighted by atomic mass is 9.94. The lowest BCUT2D eigenvalue weighted by Crippen LogP contribution is -2.23. The quantitative estimate of drug-likeness (QED) is 0.827. The summed E-state index contributed by atoms with van der Waals surface area (Å²) in [6.45, 7) is 4.21. The van der Waals surface area contributed by atoms with Gasteiger partial charge in [0.1, 0.15) is 0 Å². The van der Waals surface area contributed by atoms with Crippen LogP contribution in [-0.2, 0) is 4.79 Å². The molecule has 0 radical (unpaired) electrons. The van der Waals surface area contributed by atoms with Crippen molar-refractivity contribution < 1.29 is 4.79 Å². The zero-order chi connectivity index (χ0) is 14.8. The number of aryl methyl sites for hydroxylation is 2. The third kappa shape index (κ3) is 3.24. The molecule has 21 heavy (non-hydrogen) atoms. The van der Waals surface area contributed by atoms with Gasteiger partial charge in [-0.05, 0) is 39.2 Å². The van der Waals surface area contributed by atoms with Gasteiger partial charge in [-0.15, -0.1) is 22.7 Å². The van der Waals surface area contributed by atoms with Gasteiger partial charge < -0.3 is 5.32 Å². The van der Waals surface area contributed by atoms with Gasteiger partial charge in [0, 0.05) is 26.6 Å². The summed E-state index contributed by atoms with van der Waals surface area (Å²) in [5, 5.41) is 5.69. The topological polar surface area (TPSA) is 42.0 Å². The normalized spacial score (nSPS) is 17.9. The van der Waals surface area contributed by atoms with E-state index in [0.29, 0.717) is 5.13 Å². The Labute approximate surface area is 132 Å². The number of nitrogens with zero attached hydrogens (tertiary/aromatic N) is 1. The summed E-state index contributed by atoms with van der Waals surface area (Å²) in [4.78, 5) is 19.3. The van der Waals surface area contributed by atoms with E-state index in [9.17, 15) is 4.79 Å². The number of hydrogen-bond acceptors (Lipinski definition) is 4. The zero-order valence-electron chi connectivity index (χ0n) is 12.2. The van der Waals surface area contributed by atoms with Gasteiger partial charge >= 0.3 is 0 Å². The number of carbonyl (C=O) groups excluding carboxylic acids is 1. The van der Waals surface area contributed by atoms with Crippen LogP contribution in [0.5, 0.6) is 0 Å². The number of aromatic nitrogens is 1. The summed E-state index contributed by atoms with van der Waals surface area (Å²) >= 11 is 3.28. The average Bonchev–Trinajstić information content (AvgIpc) is 3.06. The predicted molar refractivity (Wildman–Crippen MR) is 90.0 cm³/mol. The minimum Gasteiger partial charge on any atom is -0.302 e. The minimum absolute atomic E-state index is 0.0903. The summed E-state index contributed by atoms with van der Waals surface area (Å²) in [5.74, 6) is 0.186. The molecule has 0 unspecified atom stereocenters. The number of rotatable bonds is 3. The summed E-state index contributed by atoms with van der Waals surface area (Å²) in [6.07, 6.45) is 7.01. The Morgan fingerprint density at radius 1 is 1.38 bits per heavy atom. The van der Waals surface area contributed by atoms with E-state index < -0.39 is 0 Å². The number of carbonyl (C=O) groups is 1. The summed E-state index contributed by atoms with van der Waals surface area (Å²) in [5.41, 5.74) is 2.13. The Bertz CT molecular complexity index is 684. The molecule has 0 fully saturated rings. The first-order valence-corrected chi connectivity index (χ1v) is 8.82. The van der Waals surface area contributed by atoms with Crippen LogP contribution in [0.2, 0.25) is 0 Å². The van der Waals surface area contributed by atoms with Gasteiger partial charge in [-0.1, -0.05) is 12.2 Å². The van der Waals surface area contributed by atoms with Crippen LogP contribution in [0.25, 0.3) is 11.3 Å². The Balaban J connectivity index is 1.72. The molecule has 0 saturated heterocycles. The Morgan fingerprint density at radius 2 is 2.24 bits per heavy atom. The van der Waals surface area contributed by atoms with Crippen molar-refractivity contribution in [3.05, 3.63) is 33.4 Å². The number of hydrogen-bond donors (Lipinski definition) is 1. The van der Waals surface area contributed by atoms with Crippen molar-refractivity contribution in [2.75, 3.05) is 5.32 Å². The highest BCUT2D eigenvalue weighted by Gasteiger charge is 2.20. The van der Waals surface area contributed by atoms with Gasteiger partial charge in [-0.3, -0.25) is 4.79 Å². The molecule has 0 aromatic carbocycles. The van der Waals surface area contributed by atoms with E-state index in [2.05, 4.69) is 42.4 Å². The van der Waals surface area contributed by atoms with Crippen LogP contribution in [-0.4, -0.2) is 10.9 Å². The second-order valence-corrected chi connectivity index (χ2v) is 7.65. The number of thiazole rings is 1. The number of allylic oxidation sites excluding steroid dienone is 2. The molecular formula is C16H18N2OS2. The highest BCUT2D eigenvalue weighted by atomic mass is 32.1. The maximum absolute atomic E-state index is 12.2. The molecule has 1 aliphatic carbocycles. The number of thiophene rings is 1. The van der Waals surface area contributed by atoms with E-state index in [0.717, 1.165) is 25.0 Å². The highest BCUT2D eigenvalue weighted by Crippen LogP contribution is 2.32. The second-order valence-electron chi connectivity index (χ2n) is 5.34. The molecular weight excluding hydrogens is 300 g/mol. The van der Waals surface area contributed by atoms with Crippen LogP contribution >= 0.6 is 22.7 Å². The largest absolute Gasteiger partial charge is 0.302 e. The van der Waals surface area contributed by atoms with Crippen molar-refractivity contribution in [3.8, 4) is 11.3 Å². The molecule has 2 heterocycles. The van der Waals surface area contributed by atoms with Crippen LogP contribution in [0.4, 0.5) is 5.13 Å². The van der Waals surface area contributed by atoms with Gasteiger partial charge in [0.15, 0.2) is 5.13 Å². The lowest BCUT2D eigenvalue weighted by Gasteiger charge is -2.15. The molecule has 2 aromatic rings. The zero-order valence-corrected chi connectivity index (χ0v) is 13.8. The molecule has 0 saturated carbocycles. The van der Waals surface area contributed by atoms with Gasteiger partial charge in [-0.2, -0.15) is 0 Å². The van der Waals surface area contributed by atoms with E-state index in [1.807, 2.05) is 5.38 Å². The van der Waals surface area contributed by atoms with Crippen LogP contribution < -0.4 is 5.32 Å². The fraction of sp³-hybridized carbons (Fsp3) is 0.375. The lowest BCUT2D eigenvalue weighted by molar-refractivity contribution is -0.120. The van der Waals surface area contributed by atoms with Crippen molar-refractivity contribution in [3.63, 3.8) is 0 Å². The van der Waals surface area contributed by atoms with Gasteiger partial charge in [0.05, 0.1) is 5.69 Å². The predicted octanol–water partition coefficient (Wildman–Crippen LogP) is 4.78.